The molecule has 7 nitrogen and oxygen atoms in total. The van der Waals surface area contributed by atoms with Crippen molar-refractivity contribution in [2.45, 2.75) is 38.7 Å². The van der Waals surface area contributed by atoms with E-state index in [4.69, 9.17) is 9.47 Å². The summed E-state index contributed by atoms with van der Waals surface area (Å²) in [5.41, 5.74) is 4.38. The molecule has 3 aromatic carbocycles. The van der Waals surface area contributed by atoms with Crippen molar-refractivity contribution in [3.63, 3.8) is 0 Å². The molecule has 184 valence electrons. The molecule has 4 rings (SSSR count). The Kier molecular flexibility index (Phi) is 7.03. The van der Waals surface area contributed by atoms with Crippen molar-refractivity contribution in [1.29, 1.82) is 0 Å². The second-order valence-electron chi connectivity index (χ2n) is 8.84. The highest BCUT2D eigenvalue weighted by Gasteiger charge is 2.37. The summed E-state index contributed by atoms with van der Waals surface area (Å²) in [5, 5.41) is 2.81. The Morgan fingerprint density at radius 1 is 0.971 bits per heavy atom. The molecule has 0 aromatic heterocycles. The Morgan fingerprint density at radius 3 is 2.37 bits per heavy atom. The zero-order chi connectivity index (χ0) is 25.2. The quantitative estimate of drug-likeness (QED) is 0.501. The minimum atomic E-state index is -3.89. The van der Waals surface area contributed by atoms with Crippen LogP contribution in [0.25, 0.3) is 0 Å². The van der Waals surface area contributed by atoms with Crippen LogP contribution in [0.3, 0.4) is 0 Å². The highest BCUT2D eigenvalue weighted by molar-refractivity contribution is 7.92. The van der Waals surface area contributed by atoms with Crippen LogP contribution in [0, 0.1) is 27.7 Å². The molecule has 0 spiro atoms. The molecular weight excluding hydrogens is 464 g/mol. The number of nitrogens with one attached hydrogen (secondary N) is 1. The number of amides is 1. The van der Waals surface area contributed by atoms with Gasteiger partial charge in [0.15, 0.2) is 6.10 Å². The van der Waals surface area contributed by atoms with Crippen molar-refractivity contribution in [3.05, 3.63) is 82.9 Å². The highest BCUT2D eigenvalue weighted by atomic mass is 32.2. The number of hydrogen-bond acceptors (Lipinski definition) is 5. The summed E-state index contributed by atoms with van der Waals surface area (Å²) >= 11 is 0. The van der Waals surface area contributed by atoms with Gasteiger partial charge in [0.25, 0.3) is 15.9 Å². The summed E-state index contributed by atoms with van der Waals surface area (Å²) in [7, 11) is -3.89. The molecule has 35 heavy (non-hydrogen) atoms. The largest absolute Gasteiger partial charge is 0.491 e. The Labute approximate surface area is 206 Å². The van der Waals surface area contributed by atoms with Gasteiger partial charge in [0.2, 0.25) is 0 Å². The zero-order valence-electron chi connectivity index (χ0n) is 20.4. The van der Waals surface area contributed by atoms with Crippen LogP contribution in [0.1, 0.15) is 22.3 Å². The Balaban J connectivity index is 1.49. The number of aryl methyl sites for hydroxylation is 4. The number of nitrogens with zero attached hydrogens (tertiary/aromatic N) is 1. The van der Waals surface area contributed by atoms with Gasteiger partial charge in [-0.15, -0.1) is 0 Å². The topological polar surface area (TPSA) is 84.9 Å². The lowest BCUT2D eigenvalue weighted by Crippen LogP contribution is -2.51. The molecule has 0 aliphatic carbocycles. The summed E-state index contributed by atoms with van der Waals surface area (Å²) < 4.78 is 40.0. The van der Waals surface area contributed by atoms with E-state index in [2.05, 4.69) is 5.32 Å². The van der Waals surface area contributed by atoms with E-state index in [1.165, 1.54) is 4.31 Å². The molecule has 1 aliphatic heterocycles. The van der Waals surface area contributed by atoms with Crippen molar-refractivity contribution in [2.75, 3.05) is 24.0 Å². The Morgan fingerprint density at radius 2 is 1.63 bits per heavy atom. The van der Waals surface area contributed by atoms with Crippen LogP contribution in [-0.2, 0) is 14.8 Å². The van der Waals surface area contributed by atoms with Gasteiger partial charge in [-0.25, -0.2) is 8.42 Å². The van der Waals surface area contributed by atoms with E-state index >= 15 is 0 Å². The van der Waals surface area contributed by atoms with E-state index in [1.807, 2.05) is 52.0 Å². The molecule has 3 aromatic rings. The molecule has 1 heterocycles. The molecular formula is C27H30N2O5S. The second kappa shape index (κ2) is 10.00. The minimum Gasteiger partial charge on any atom is -0.491 e. The van der Waals surface area contributed by atoms with Gasteiger partial charge in [0, 0.05) is 0 Å². The molecule has 1 amide bonds. The first-order chi connectivity index (χ1) is 16.6. The third-order valence-corrected chi connectivity index (χ3v) is 7.68. The third kappa shape index (κ3) is 5.43. The number of rotatable bonds is 7. The first-order valence-electron chi connectivity index (χ1n) is 11.5. The molecule has 8 heteroatoms. The van der Waals surface area contributed by atoms with Crippen LogP contribution < -0.4 is 19.1 Å². The fourth-order valence-corrected chi connectivity index (χ4v) is 5.35. The molecule has 0 radical (unpaired) electrons. The van der Waals surface area contributed by atoms with Crippen LogP contribution >= 0.6 is 0 Å². The van der Waals surface area contributed by atoms with Gasteiger partial charge in [-0.3, -0.25) is 9.10 Å². The maximum absolute atomic E-state index is 13.5. The average molecular weight is 495 g/mol. The number of anilines is 1. The fourth-order valence-electron chi connectivity index (χ4n) is 3.87. The molecule has 0 saturated carbocycles. The summed E-state index contributed by atoms with van der Waals surface area (Å²) in [6, 6.07) is 17.9. The Hall–Kier alpha value is -3.52. The summed E-state index contributed by atoms with van der Waals surface area (Å²) in [6.07, 6.45) is -0.995. The van der Waals surface area contributed by atoms with Crippen molar-refractivity contribution in [2.24, 2.45) is 0 Å². The van der Waals surface area contributed by atoms with Crippen LogP contribution in [-0.4, -0.2) is 40.1 Å². The maximum atomic E-state index is 13.5. The molecule has 1 aliphatic rings. The van der Waals surface area contributed by atoms with Gasteiger partial charge in [0.05, 0.1) is 23.7 Å². The van der Waals surface area contributed by atoms with Crippen molar-refractivity contribution >= 4 is 21.6 Å². The van der Waals surface area contributed by atoms with Gasteiger partial charge in [-0.05, 0) is 74.7 Å². The maximum Gasteiger partial charge on any atom is 0.264 e. The number of hydrogen-bond donors (Lipinski definition) is 1. The number of fused-ring (bicyclic) bond motifs is 1. The standard InChI is InChI=1S/C27H30N2O5S/c1-18-6-10-22(11-7-18)35(31,32)29-17-26(34-25-16-20(3)8-12-23(25)29)27(30)28-13-14-33-24-15-19(2)5-9-21(24)4/h5-12,15-16,26H,13-14,17H2,1-4H3,(H,28,30)/t26-/m1/s1. The van der Waals surface area contributed by atoms with Crippen molar-refractivity contribution in [3.8, 4) is 11.5 Å². The van der Waals surface area contributed by atoms with Crippen molar-refractivity contribution < 1.29 is 22.7 Å². The lowest BCUT2D eigenvalue weighted by atomic mass is 10.1. The summed E-state index contributed by atoms with van der Waals surface area (Å²) in [5.74, 6) is 0.734. The van der Waals surface area contributed by atoms with Gasteiger partial charge in [0.1, 0.15) is 18.1 Å². The SMILES string of the molecule is Cc1ccc(S(=O)(=O)N2C[C@H](C(=O)NCCOc3cc(C)ccc3C)Oc3cc(C)ccc32)cc1. The molecule has 1 N–H and O–H groups in total. The van der Waals surface area contributed by atoms with Gasteiger partial charge < -0.3 is 14.8 Å². The molecule has 0 saturated heterocycles. The predicted octanol–water partition coefficient (Wildman–Crippen LogP) is 4.07. The minimum absolute atomic E-state index is 0.129. The van der Waals surface area contributed by atoms with E-state index in [0.29, 0.717) is 11.4 Å². The smallest absolute Gasteiger partial charge is 0.264 e. The zero-order valence-corrected chi connectivity index (χ0v) is 21.2. The van der Waals surface area contributed by atoms with E-state index in [0.717, 1.165) is 28.0 Å². The lowest BCUT2D eigenvalue weighted by molar-refractivity contribution is -0.127. The van der Waals surface area contributed by atoms with E-state index in [9.17, 15) is 13.2 Å². The van der Waals surface area contributed by atoms with E-state index < -0.39 is 22.0 Å². The van der Waals surface area contributed by atoms with Crippen LogP contribution in [0.5, 0.6) is 11.5 Å². The summed E-state index contributed by atoms with van der Waals surface area (Å²) in [6.45, 7) is 8.15. The third-order valence-electron chi connectivity index (χ3n) is 5.89. The van der Waals surface area contributed by atoms with Crippen molar-refractivity contribution in [1.82, 2.24) is 5.32 Å². The van der Waals surface area contributed by atoms with E-state index in [1.54, 1.807) is 36.4 Å². The van der Waals surface area contributed by atoms with E-state index in [-0.39, 0.29) is 24.6 Å². The molecule has 1 atom stereocenters. The lowest BCUT2D eigenvalue weighted by Gasteiger charge is -2.35. The second-order valence-corrected chi connectivity index (χ2v) is 10.7. The normalized spacial score (nSPS) is 15.2. The fraction of sp³-hybridized carbons (Fsp3) is 0.296. The number of carbonyl (C=O) groups is 1. The molecule has 0 unspecified atom stereocenters. The first-order valence-corrected chi connectivity index (χ1v) is 12.9. The van der Waals surface area contributed by atoms with Crippen LogP contribution in [0.15, 0.2) is 65.6 Å². The summed E-state index contributed by atoms with van der Waals surface area (Å²) in [4.78, 5) is 13.1. The van der Waals surface area contributed by atoms with Gasteiger partial charge in [-0.2, -0.15) is 0 Å². The monoisotopic (exact) mass is 494 g/mol. The first kappa shape index (κ1) is 24.6. The number of sulfonamides is 1. The van der Waals surface area contributed by atoms with Crippen LogP contribution in [0.2, 0.25) is 0 Å². The average Bonchev–Trinajstić information content (AvgIpc) is 2.83. The van der Waals surface area contributed by atoms with Gasteiger partial charge in [-0.1, -0.05) is 35.9 Å². The predicted molar refractivity (Wildman–Crippen MR) is 136 cm³/mol. The molecule has 0 bridgehead atoms. The highest BCUT2D eigenvalue weighted by Crippen LogP contribution is 2.37. The number of carbonyl (C=O) groups excluding carboxylic acids is 1. The Bertz CT molecular complexity index is 1340. The number of ether oxygens (including phenoxy) is 2. The number of benzene rings is 3. The van der Waals surface area contributed by atoms with Gasteiger partial charge >= 0.3 is 0 Å². The molecule has 0 fully saturated rings. The van der Waals surface area contributed by atoms with Crippen LogP contribution in [0.4, 0.5) is 5.69 Å².